The number of aromatic nitrogens is 1. The molecule has 1 aromatic heterocycles. The lowest BCUT2D eigenvalue weighted by Crippen LogP contribution is -2.53. The van der Waals surface area contributed by atoms with E-state index in [9.17, 15) is 18.0 Å². The smallest absolute Gasteiger partial charge is 0.394 e. The third kappa shape index (κ3) is 4.40. The maximum atomic E-state index is 15.6. The molecule has 1 aliphatic heterocycles. The van der Waals surface area contributed by atoms with Gasteiger partial charge >= 0.3 is 12.1 Å². The number of aromatic amines is 1. The summed E-state index contributed by atoms with van der Waals surface area (Å²) in [6, 6.07) is 8.71. The molecule has 202 valence electrons. The first-order valence-electron chi connectivity index (χ1n) is 12.8. The van der Waals surface area contributed by atoms with Crippen LogP contribution in [0.5, 0.6) is 0 Å². The van der Waals surface area contributed by atoms with Crippen molar-refractivity contribution in [1.29, 1.82) is 0 Å². The Morgan fingerprint density at radius 3 is 2.45 bits per heavy atom. The van der Waals surface area contributed by atoms with Crippen molar-refractivity contribution in [3.8, 4) is 0 Å². The second-order valence-corrected chi connectivity index (χ2v) is 10.7. The SMILES string of the molecule is CCC1(C(F)(F)F)CC(CN2C(C)Cc3c([nH]c4ccccc34)C2c2c(F)cc(/C=C/C(=O)O)cc2F)C1. The minimum atomic E-state index is -4.28. The van der Waals surface area contributed by atoms with Crippen molar-refractivity contribution >= 4 is 22.9 Å². The molecule has 1 fully saturated rings. The van der Waals surface area contributed by atoms with E-state index in [4.69, 9.17) is 5.11 Å². The van der Waals surface area contributed by atoms with Crippen molar-refractivity contribution in [3.63, 3.8) is 0 Å². The number of hydrogen-bond donors (Lipinski definition) is 2. The molecule has 0 amide bonds. The van der Waals surface area contributed by atoms with Crippen molar-refractivity contribution in [3.05, 3.63) is 76.5 Å². The molecule has 0 radical (unpaired) electrons. The van der Waals surface area contributed by atoms with Gasteiger partial charge in [0.25, 0.3) is 0 Å². The van der Waals surface area contributed by atoms with Crippen LogP contribution in [0.1, 0.15) is 61.5 Å². The zero-order chi connectivity index (χ0) is 27.4. The third-order valence-corrected chi connectivity index (χ3v) is 8.42. The number of nitrogens with one attached hydrogen (secondary N) is 1. The molecule has 0 saturated heterocycles. The Hall–Kier alpha value is -3.20. The number of rotatable bonds is 6. The summed E-state index contributed by atoms with van der Waals surface area (Å²) >= 11 is 0. The van der Waals surface area contributed by atoms with E-state index in [0.29, 0.717) is 12.1 Å². The predicted molar refractivity (Wildman–Crippen MR) is 135 cm³/mol. The van der Waals surface area contributed by atoms with Crippen molar-refractivity contribution < 1.29 is 31.9 Å². The van der Waals surface area contributed by atoms with Crippen LogP contribution in [0.15, 0.2) is 42.5 Å². The molecule has 2 N–H and O–H groups in total. The molecule has 5 rings (SSSR count). The highest BCUT2D eigenvalue weighted by Crippen LogP contribution is 2.58. The number of carbonyl (C=O) groups is 1. The Bertz CT molecular complexity index is 1380. The van der Waals surface area contributed by atoms with Crippen LogP contribution < -0.4 is 0 Å². The molecule has 1 saturated carbocycles. The second kappa shape index (κ2) is 9.52. The first kappa shape index (κ1) is 26.4. The monoisotopic (exact) mass is 532 g/mol. The summed E-state index contributed by atoms with van der Waals surface area (Å²) in [7, 11) is 0. The van der Waals surface area contributed by atoms with Gasteiger partial charge in [0.05, 0.1) is 11.5 Å². The maximum Gasteiger partial charge on any atom is 0.394 e. The van der Waals surface area contributed by atoms with Gasteiger partial charge in [0.15, 0.2) is 0 Å². The summed E-state index contributed by atoms with van der Waals surface area (Å²) in [6.45, 7) is 3.77. The van der Waals surface area contributed by atoms with Gasteiger partial charge in [-0.25, -0.2) is 13.6 Å². The van der Waals surface area contributed by atoms with Gasteiger partial charge in [-0.1, -0.05) is 25.1 Å². The molecule has 9 heteroatoms. The fourth-order valence-corrected chi connectivity index (χ4v) is 6.42. The molecule has 4 nitrogen and oxygen atoms in total. The molecular weight excluding hydrogens is 503 g/mol. The molecule has 3 aromatic rings. The fraction of sp³-hybridized carbons (Fsp3) is 0.414. The molecule has 2 aliphatic rings. The molecule has 2 aromatic carbocycles. The summed E-state index contributed by atoms with van der Waals surface area (Å²) in [5, 5.41) is 9.83. The average Bonchev–Trinajstić information content (AvgIpc) is 3.17. The van der Waals surface area contributed by atoms with Gasteiger partial charge in [-0.15, -0.1) is 0 Å². The number of carboxylic acids is 1. The van der Waals surface area contributed by atoms with E-state index >= 15 is 8.78 Å². The molecular formula is C29H29F5N2O2. The van der Waals surface area contributed by atoms with E-state index in [1.807, 2.05) is 36.1 Å². The number of hydrogen-bond acceptors (Lipinski definition) is 2. The molecule has 1 aliphatic carbocycles. The van der Waals surface area contributed by atoms with E-state index in [2.05, 4.69) is 4.98 Å². The number of alkyl halides is 3. The zero-order valence-corrected chi connectivity index (χ0v) is 21.1. The fourth-order valence-electron chi connectivity index (χ4n) is 6.42. The Morgan fingerprint density at radius 1 is 1.18 bits per heavy atom. The quantitative estimate of drug-likeness (QED) is 0.260. The molecule has 0 spiro atoms. The van der Waals surface area contributed by atoms with Gasteiger partial charge in [-0.05, 0) is 73.9 Å². The Morgan fingerprint density at radius 2 is 1.84 bits per heavy atom. The number of nitrogens with zero attached hydrogens (tertiary/aromatic N) is 1. The van der Waals surface area contributed by atoms with E-state index in [1.54, 1.807) is 6.92 Å². The van der Waals surface area contributed by atoms with Gasteiger partial charge in [0.1, 0.15) is 11.6 Å². The van der Waals surface area contributed by atoms with E-state index < -0.39 is 35.2 Å². The number of benzene rings is 2. The van der Waals surface area contributed by atoms with Crippen LogP contribution in [-0.4, -0.2) is 39.7 Å². The Kier molecular flexibility index (Phi) is 6.62. The van der Waals surface area contributed by atoms with Crippen LogP contribution in [-0.2, 0) is 11.2 Å². The number of halogens is 5. The van der Waals surface area contributed by atoms with Gasteiger partial charge < -0.3 is 10.1 Å². The normalized spacial score (nSPS) is 26.0. The van der Waals surface area contributed by atoms with E-state index in [0.717, 1.165) is 40.8 Å². The summed E-state index contributed by atoms with van der Waals surface area (Å²) in [5.41, 5.74) is 0.559. The van der Waals surface area contributed by atoms with Crippen LogP contribution in [0.25, 0.3) is 17.0 Å². The molecule has 2 heterocycles. The average molecular weight is 533 g/mol. The first-order chi connectivity index (χ1) is 17.9. The Labute approximate surface area is 217 Å². The van der Waals surface area contributed by atoms with Crippen molar-refractivity contribution in [1.82, 2.24) is 9.88 Å². The van der Waals surface area contributed by atoms with Crippen LogP contribution in [0.2, 0.25) is 0 Å². The largest absolute Gasteiger partial charge is 0.478 e. The predicted octanol–water partition coefficient (Wildman–Crippen LogP) is 7.25. The van der Waals surface area contributed by atoms with Gasteiger partial charge in [-0.2, -0.15) is 13.2 Å². The summed E-state index contributed by atoms with van der Waals surface area (Å²) < 4.78 is 72.5. The van der Waals surface area contributed by atoms with Gasteiger partial charge in [-0.3, -0.25) is 4.90 Å². The standard InChI is InChI=1S/C29H29F5N2O2/c1-3-28(29(32,33)34)13-18(14-28)15-36-16(2)10-20-19-6-4-5-7-23(19)35-26(20)27(36)25-21(30)11-17(12-22(25)31)8-9-24(37)38/h4-9,11-12,16,18,27,35H,3,10,13-15H2,1-2H3,(H,37,38)/b9-8+. The number of carboxylic acid groups (broad SMARTS) is 1. The zero-order valence-electron chi connectivity index (χ0n) is 21.1. The van der Waals surface area contributed by atoms with Crippen LogP contribution in [0.4, 0.5) is 22.0 Å². The van der Waals surface area contributed by atoms with E-state index in [1.165, 1.54) is 0 Å². The highest BCUT2D eigenvalue weighted by molar-refractivity contribution is 5.86. The minimum Gasteiger partial charge on any atom is -0.478 e. The summed E-state index contributed by atoms with van der Waals surface area (Å²) in [4.78, 5) is 16.1. The summed E-state index contributed by atoms with van der Waals surface area (Å²) in [5.74, 6) is -3.17. The number of fused-ring (bicyclic) bond motifs is 3. The molecule has 38 heavy (non-hydrogen) atoms. The lowest BCUT2D eigenvalue weighted by Gasteiger charge is -2.52. The minimum absolute atomic E-state index is 0.00667. The second-order valence-electron chi connectivity index (χ2n) is 10.7. The summed E-state index contributed by atoms with van der Waals surface area (Å²) in [6.07, 6.45) is -1.79. The lowest BCUT2D eigenvalue weighted by molar-refractivity contribution is -0.266. The number of H-pyrrole nitrogens is 1. The van der Waals surface area contributed by atoms with Crippen LogP contribution >= 0.6 is 0 Å². The highest BCUT2D eigenvalue weighted by atomic mass is 19.4. The van der Waals surface area contributed by atoms with Gasteiger partial charge in [0.2, 0.25) is 0 Å². The van der Waals surface area contributed by atoms with Crippen molar-refractivity contribution in [2.24, 2.45) is 11.3 Å². The Balaban J connectivity index is 1.57. The lowest BCUT2D eigenvalue weighted by atomic mass is 9.59. The first-order valence-corrected chi connectivity index (χ1v) is 12.8. The van der Waals surface area contributed by atoms with E-state index in [-0.39, 0.29) is 48.9 Å². The van der Waals surface area contributed by atoms with Crippen LogP contribution in [0.3, 0.4) is 0 Å². The molecule has 2 unspecified atom stereocenters. The van der Waals surface area contributed by atoms with Crippen molar-refractivity contribution in [2.45, 2.75) is 57.8 Å². The number of para-hydroxylation sites is 1. The maximum absolute atomic E-state index is 15.6. The third-order valence-electron chi connectivity index (χ3n) is 8.42. The highest BCUT2D eigenvalue weighted by Gasteiger charge is 2.60. The molecule has 0 bridgehead atoms. The number of aliphatic carboxylic acids is 1. The van der Waals surface area contributed by atoms with Crippen LogP contribution in [0, 0.1) is 23.0 Å². The van der Waals surface area contributed by atoms with Gasteiger partial charge in [0, 0.05) is 40.8 Å². The van der Waals surface area contributed by atoms with Crippen molar-refractivity contribution in [2.75, 3.05) is 6.54 Å². The topological polar surface area (TPSA) is 56.3 Å². The molecule has 2 atom stereocenters.